The van der Waals surface area contributed by atoms with Crippen LogP contribution >= 0.6 is 0 Å². The number of nitrogens with zero attached hydrogens (tertiary/aromatic N) is 5. The minimum absolute atomic E-state index is 0.193. The first kappa shape index (κ1) is 12.4. The van der Waals surface area contributed by atoms with Crippen LogP contribution in [0.1, 0.15) is 35.4 Å². The molecule has 7 heteroatoms. The fraction of sp³-hybridized carbons (Fsp3) is 0.455. The van der Waals surface area contributed by atoms with Crippen molar-refractivity contribution < 1.29 is 4.79 Å². The third-order valence-corrected chi connectivity index (χ3v) is 2.67. The van der Waals surface area contributed by atoms with Crippen molar-refractivity contribution in [2.24, 2.45) is 12.8 Å². The van der Waals surface area contributed by atoms with Gasteiger partial charge in [0.15, 0.2) is 0 Å². The van der Waals surface area contributed by atoms with Crippen LogP contribution in [0, 0.1) is 0 Å². The van der Waals surface area contributed by atoms with E-state index in [1.54, 1.807) is 28.8 Å². The Balaban J connectivity index is 2.22. The molecular weight excluding hydrogens is 232 g/mol. The van der Waals surface area contributed by atoms with Gasteiger partial charge in [-0.1, -0.05) is 12.1 Å². The average Bonchev–Trinajstić information content (AvgIpc) is 2.97. The molecule has 1 atom stereocenters. The van der Waals surface area contributed by atoms with Crippen molar-refractivity contribution >= 4 is 5.78 Å². The zero-order valence-electron chi connectivity index (χ0n) is 10.4. The predicted molar refractivity (Wildman–Crippen MR) is 64.8 cm³/mol. The Morgan fingerprint density at radius 1 is 1.50 bits per heavy atom. The van der Waals surface area contributed by atoms with Crippen LogP contribution < -0.4 is 5.73 Å². The minimum atomic E-state index is -0.729. The van der Waals surface area contributed by atoms with E-state index in [-0.39, 0.29) is 5.78 Å². The topological polar surface area (TPSA) is 91.6 Å². The second-order valence-electron chi connectivity index (χ2n) is 4.13. The maximum Gasteiger partial charge on any atom is 0.203 e. The summed E-state index contributed by atoms with van der Waals surface area (Å²) < 4.78 is 3.20. The normalized spacial score (nSPS) is 12.6. The highest BCUT2D eigenvalue weighted by Gasteiger charge is 2.22. The van der Waals surface area contributed by atoms with E-state index < -0.39 is 6.04 Å². The monoisotopic (exact) mass is 248 g/mol. The largest absolute Gasteiger partial charge is 0.317 e. The summed E-state index contributed by atoms with van der Waals surface area (Å²) in [5, 5.41) is 11.6. The van der Waals surface area contributed by atoms with Gasteiger partial charge >= 0.3 is 0 Å². The first-order valence-corrected chi connectivity index (χ1v) is 5.80. The molecule has 0 bridgehead atoms. The van der Waals surface area contributed by atoms with Gasteiger partial charge in [-0.3, -0.25) is 9.48 Å². The molecule has 96 valence electrons. The number of aromatic nitrogens is 5. The van der Waals surface area contributed by atoms with Gasteiger partial charge in [0.05, 0.1) is 18.4 Å². The predicted octanol–water partition coefficient (Wildman–Crippen LogP) is 0.304. The Morgan fingerprint density at radius 3 is 2.89 bits per heavy atom. The smallest absolute Gasteiger partial charge is 0.203 e. The number of nitrogens with two attached hydrogens (primary N) is 1. The maximum atomic E-state index is 12.2. The molecule has 0 fully saturated rings. The van der Waals surface area contributed by atoms with Crippen LogP contribution in [0.15, 0.2) is 18.6 Å². The lowest BCUT2D eigenvalue weighted by Crippen LogP contribution is -2.24. The lowest BCUT2D eigenvalue weighted by atomic mass is 10.1. The Kier molecular flexibility index (Phi) is 3.52. The van der Waals surface area contributed by atoms with E-state index in [0.29, 0.717) is 17.8 Å². The van der Waals surface area contributed by atoms with E-state index in [1.165, 1.54) is 6.20 Å². The zero-order chi connectivity index (χ0) is 13.1. The fourth-order valence-electron chi connectivity index (χ4n) is 1.74. The molecule has 0 aliphatic heterocycles. The van der Waals surface area contributed by atoms with E-state index in [0.717, 1.165) is 6.42 Å². The third kappa shape index (κ3) is 2.30. The Hall–Kier alpha value is -2.02. The molecule has 2 heterocycles. The molecular formula is C11H16N6O. The first-order chi connectivity index (χ1) is 8.63. The molecule has 0 aliphatic rings. The number of carbonyl (C=O) groups excluding carboxylic acids is 1. The summed E-state index contributed by atoms with van der Waals surface area (Å²) in [4.78, 5) is 12.2. The van der Waals surface area contributed by atoms with Crippen molar-refractivity contribution in [3.63, 3.8) is 0 Å². The highest BCUT2D eigenvalue weighted by molar-refractivity contribution is 5.98. The molecule has 0 aliphatic carbocycles. The molecule has 0 aromatic carbocycles. The molecule has 0 radical (unpaired) electrons. The standard InChI is InChI=1S/C11H16N6O/c1-3-4-17-9(6-13-15-17)11(18)10(12)8-5-14-16(2)7-8/h5-7,10H,3-4,12H2,1-2H3. The number of aryl methyl sites for hydroxylation is 2. The Morgan fingerprint density at radius 2 is 2.28 bits per heavy atom. The summed E-state index contributed by atoms with van der Waals surface area (Å²) >= 11 is 0. The van der Waals surface area contributed by atoms with Crippen LogP contribution in [-0.4, -0.2) is 30.6 Å². The van der Waals surface area contributed by atoms with E-state index in [4.69, 9.17) is 5.73 Å². The fourth-order valence-corrected chi connectivity index (χ4v) is 1.74. The number of ketones is 1. The van der Waals surface area contributed by atoms with Crippen LogP contribution in [0.25, 0.3) is 0 Å². The average molecular weight is 248 g/mol. The Labute approximate surface area is 105 Å². The SMILES string of the molecule is CCCn1nncc1C(=O)C(N)c1cnn(C)c1. The quantitative estimate of drug-likeness (QED) is 0.768. The molecule has 2 rings (SSSR count). The van der Waals surface area contributed by atoms with Gasteiger partial charge < -0.3 is 5.73 Å². The number of Topliss-reactive ketones (excluding diaryl/α,β-unsaturated/α-hetero) is 1. The molecule has 2 aromatic heterocycles. The van der Waals surface area contributed by atoms with E-state index >= 15 is 0 Å². The highest BCUT2D eigenvalue weighted by Crippen LogP contribution is 2.14. The van der Waals surface area contributed by atoms with Crippen molar-refractivity contribution in [2.75, 3.05) is 0 Å². The van der Waals surface area contributed by atoms with Crippen LogP contribution in [0.5, 0.6) is 0 Å². The van der Waals surface area contributed by atoms with Crippen LogP contribution in [0.3, 0.4) is 0 Å². The van der Waals surface area contributed by atoms with Crippen molar-refractivity contribution in [2.45, 2.75) is 25.9 Å². The van der Waals surface area contributed by atoms with Crippen LogP contribution in [0.4, 0.5) is 0 Å². The molecule has 7 nitrogen and oxygen atoms in total. The number of hydrogen-bond acceptors (Lipinski definition) is 5. The van der Waals surface area contributed by atoms with E-state index in [2.05, 4.69) is 15.4 Å². The summed E-state index contributed by atoms with van der Waals surface area (Å²) in [6.07, 6.45) is 5.66. The van der Waals surface area contributed by atoms with Crippen molar-refractivity contribution in [3.05, 3.63) is 29.8 Å². The molecule has 0 saturated heterocycles. The molecule has 0 amide bonds. The molecule has 2 N–H and O–H groups in total. The summed E-state index contributed by atoms with van der Waals surface area (Å²) in [5.41, 5.74) is 7.06. The summed E-state index contributed by atoms with van der Waals surface area (Å²) in [6.45, 7) is 2.66. The number of hydrogen-bond donors (Lipinski definition) is 1. The maximum absolute atomic E-state index is 12.2. The second kappa shape index (κ2) is 5.09. The van der Waals surface area contributed by atoms with Crippen LogP contribution in [-0.2, 0) is 13.6 Å². The number of rotatable bonds is 5. The molecule has 18 heavy (non-hydrogen) atoms. The molecule has 0 saturated carbocycles. The van der Waals surface area contributed by atoms with Gasteiger partial charge in [0.25, 0.3) is 0 Å². The first-order valence-electron chi connectivity index (χ1n) is 5.80. The van der Waals surface area contributed by atoms with E-state index in [1.807, 2.05) is 6.92 Å². The third-order valence-electron chi connectivity index (χ3n) is 2.67. The van der Waals surface area contributed by atoms with Gasteiger partial charge in [-0.05, 0) is 6.42 Å². The van der Waals surface area contributed by atoms with E-state index in [9.17, 15) is 4.79 Å². The molecule has 2 aromatic rings. The van der Waals surface area contributed by atoms with Crippen molar-refractivity contribution in [3.8, 4) is 0 Å². The summed E-state index contributed by atoms with van der Waals surface area (Å²) in [6, 6.07) is -0.729. The van der Waals surface area contributed by atoms with Gasteiger partial charge in [0, 0.05) is 25.4 Å². The zero-order valence-corrected chi connectivity index (χ0v) is 10.4. The van der Waals surface area contributed by atoms with Crippen LogP contribution in [0.2, 0.25) is 0 Å². The highest BCUT2D eigenvalue weighted by atomic mass is 16.1. The van der Waals surface area contributed by atoms with Crippen molar-refractivity contribution in [1.29, 1.82) is 0 Å². The lowest BCUT2D eigenvalue weighted by Gasteiger charge is -2.09. The second-order valence-corrected chi connectivity index (χ2v) is 4.13. The summed E-state index contributed by atoms with van der Waals surface area (Å²) in [7, 11) is 1.78. The van der Waals surface area contributed by atoms with Gasteiger partial charge in [-0.2, -0.15) is 5.10 Å². The van der Waals surface area contributed by atoms with Gasteiger partial charge in [-0.25, -0.2) is 4.68 Å². The lowest BCUT2D eigenvalue weighted by molar-refractivity contribution is 0.0950. The van der Waals surface area contributed by atoms with Crippen molar-refractivity contribution in [1.82, 2.24) is 24.8 Å². The van der Waals surface area contributed by atoms with Gasteiger partial charge in [0.2, 0.25) is 5.78 Å². The molecule has 1 unspecified atom stereocenters. The Bertz CT molecular complexity index is 543. The van der Waals surface area contributed by atoms with Gasteiger partial charge in [-0.15, -0.1) is 5.10 Å². The number of carbonyl (C=O) groups is 1. The molecule has 0 spiro atoms. The minimum Gasteiger partial charge on any atom is -0.317 e. The summed E-state index contributed by atoms with van der Waals surface area (Å²) in [5.74, 6) is -0.193. The van der Waals surface area contributed by atoms with Gasteiger partial charge in [0.1, 0.15) is 5.69 Å².